The van der Waals surface area contributed by atoms with Crippen molar-refractivity contribution in [2.24, 2.45) is 5.92 Å². The van der Waals surface area contributed by atoms with Gasteiger partial charge in [-0.05, 0) is 43.5 Å². The Bertz CT molecular complexity index is 887. The van der Waals surface area contributed by atoms with E-state index in [9.17, 15) is 9.59 Å². The lowest BCUT2D eigenvalue weighted by Crippen LogP contribution is -2.37. The molecule has 2 amide bonds. The summed E-state index contributed by atoms with van der Waals surface area (Å²) >= 11 is 0. The van der Waals surface area contributed by atoms with Gasteiger partial charge >= 0.3 is 0 Å². The van der Waals surface area contributed by atoms with Gasteiger partial charge in [0.05, 0.1) is 5.56 Å². The van der Waals surface area contributed by atoms with E-state index in [0.29, 0.717) is 54.1 Å². The maximum atomic E-state index is 12.9. The molecule has 1 aliphatic rings. The molecule has 1 N–H and O–H groups in total. The fourth-order valence-corrected chi connectivity index (χ4v) is 3.31. The third-order valence-corrected chi connectivity index (χ3v) is 4.68. The second kappa shape index (κ2) is 9.03. The van der Waals surface area contributed by atoms with E-state index in [1.807, 2.05) is 39.0 Å². The van der Waals surface area contributed by atoms with Gasteiger partial charge in [-0.2, -0.15) is 0 Å². The van der Waals surface area contributed by atoms with E-state index in [0.717, 1.165) is 5.56 Å². The molecule has 29 heavy (non-hydrogen) atoms. The first-order valence-electron chi connectivity index (χ1n) is 9.85. The predicted molar refractivity (Wildman–Crippen MR) is 108 cm³/mol. The second-order valence-corrected chi connectivity index (χ2v) is 7.69. The van der Waals surface area contributed by atoms with Gasteiger partial charge in [-0.15, -0.1) is 0 Å². The molecule has 0 atom stereocenters. The summed E-state index contributed by atoms with van der Waals surface area (Å²) in [5, 5.41) is 2.90. The third kappa shape index (κ3) is 5.31. The molecular weight excluding hydrogens is 372 g/mol. The average Bonchev–Trinajstić information content (AvgIpc) is 3.27. The zero-order valence-electron chi connectivity index (χ0n) is 17.4. The summed E-state index contributed by atoms with van der Waals surface area (Å²) in [5.74, 6) is 2.80. The van der Waals surface area contributed by atoms with Crippen LogP contribution >= 0.6 is 0 Å². The van der Waals surface area contributed by atoms with Crippen LogP contribution in [-0.4, -0.2) is 36.6 Å². The molecule has 0 aliphatic carbocycles. The number of benzene rings is 1. The lowest BCUT2D eigenvalue weighted by Gasteiger charge is -2.24. The number of hydrogen-bond donors (Lipinski definition) is 1. The topological polar surface area (TPSA) is 81.0 Å². The largest absolute Gasteiger partial charge is 0.466 e. The van der Waals surface area contributed by atoms with E-state index in [1.165, 1.54) is 0 Å². The molecule has 1 aliphatic heterocycles. The van der Waals surface area contributed by atoms with Crippen LogP contribution in [0, 0.1) is 19.8 Å². The van der Waals surface area contributed by atoms with Crippen molar-refractivity contribution < 1.29 is 23.5 Å². The summed E-state index contributed by atoms with van der Waals surface area (Å²) in [6.45, 7) is 9.26. The average molecular weight is 400 g/mol. The minimum atomic E-state index is -0.107. The van der Waals surface area contributed by atoms with Crippen molar-refractivity contribution >= 4 is 11.8 Å². The van der Waals surface area contributed by atoms with Crippen molar-refractivity contribution in [3.05, 3.63) is 46.9 Å². The van der Waals surface area contributed by atoms with Gasteiger partial charge in [-0.25, -0.2) is 0 Å². The fraction of sp³-hybridized carbons (Fsp3) is 0.455. The van der Waals surface area contributed by atoms with Crippen LogP contribution in [0.5, 0.6) is 11.5 Å². The Labute approximate surface area is 171 Å². The number of ether oxygens (including phenoxy) is 2. The van der Waals surface area contributed by atoms with Crippen LogP contribution in [0.25, 0.3) is 0 Å². The number of nitrogens with one attached hydrogen (secondary N) is 1. The predicted octanol–water partition coefficient (Wildman–Crippen LogP) is 3.43. The Kier molecular flexibility index (Phi) is 6.46. The number of amides is 2. The van der Waals surface area contributed by atoms with Gasteiger partial charge in [-0.1, -0.05) is 19.9 Å². The molecule has 2 heterocycles. The van der Waals surface area contributed by atoms with Gasteiger partial charge in [0.15, 0.2) is 11.5 Å². The lowest BCUT2D eigenvalue weighted by molar-refractivity contribution is -0.121. The smallest absolute Gasteiger partial charge is 0.257 e. The highest BCUT2D eigenvalue weighted by atomic mass is 16.7. The van der Waals surface area contributed by atoms with Gasteiger partial charge in [-0.3, -0.25) is 9.59 Å². The monoisotopic (exact) mass is 400 g/mol. The minimum absolute atomic E-state index is 0.100. The van der Waals surface area contributed by atoms with E-state index >= 15 is 0 Å². The Morgan fingerprint density at radius 1 is 1.14 bits per heavy atom. The molecule has 1 aromatic heterocycles. The molecule has 156 valence electrons. The molecule has 0 saturated heterocycles. The molecule has 0 radical (unpaired) electrons. The zero-order valence-corrected chi connectivity index (χ0v) is 17.4. The number of aryl methyl sites for hydroxylation is 2. The molecule has 0 unspecified atom stereocenters. The van der Waals surface area contributed by atoms with E-state index in [-0.39, 0.29) is 25.0 Å². The Morgan fingerprint density at radius 2 is 1.90 bits per heavy atom. The number of fused-ring (bicyclic) bond motifs is 1. The maximum Gasteiger partial charge on any atom is 0.257 e. The van der Waals surface area contributed by atoms with Crippen molar-refractivity contribution in [2.45, 2.75) is 40.7 Å². The van der Waals surface area contributed by atoms with Gasteiger partial charge < -0.3 is 24.1 Å². The fourth-order valence-electron chi connectivity index (χ4n) is 3.31. The standard InChI is InChI=1S/C22H28N2O5/c1-14(2)12-24(22(26)18-9-15(3)29-16(18)4)8-7-21(25)23-11-17-5-6-19-20(10-17)28-13-27-19/h5-6,9-10,14H,7-8,11-13H2,1-4H3,(H,23,25). The highest BCUT2D eigenvalue weighted by molar-refractivity contribution is 5.95. The first-order chi connectivity index (χ1) is 13.8. The maximum absolute atomic E-state index is 12.9. The molecule has 2 aromatic rings. The minimum Gasteiger partial charge on any atom is -0.466 e. The Hall–Kier alpha value is -2.96. The molecule has 7 nitrogen and oxygen atoms in total. The van der Waals surface area contributed by atoms with Crippen molar-refractivity contribution in [1.29, 1.82) is 0 Å². The Balaban J connectivity index is 1.55. The zero-order chi connectivity index (χ0) is 21.0. The molecular formula is C22H28N2O5. The van der Waals surface area contributed by atoms with E-state index in [2.05, 4.69) is 5.32 Å². The molecule has 7 heteroatoms. The number of carbonyl (C=O) groups excluding carboxylic acids is 2. The summed E-state index contributed by atoms with van der Waals surface area (Å²) in [6, 6.07) is 7.35. The van der Waals surface area contributed by atoms with Crippen LogP contribution < -0.4 is 14.8 Å². The first-order valence-corrected chi connectivity index (χ1v) is 9.85. The SMILES string of the molecule is Cc1cc(C(=O)N(CCC(=O)NCc2ccc3c(c2)OCO3)CC(C)C)c(C)o1. The first kappa shape index (κ1) is 20.8. The van der Waals surface area contributed by atoms with Crippen LogP contribution in [-0.2, 0) is 11.3 Å². The second-order valence-electron chi connectivity index (χ2n) is 7.69. The summed E-state index contributed by atoms with van der Waals surface area (Å²) in [7, 11) is 0. The summed E-state index contributed by atoms with van der Waals surface area (Å²) < 4.78 is 16.1. The van der Waals surface area contributed by atoms with E-state index in [4.69, 9.17) is 13.9 Å². The molecule has 0 bridgehead atoms. The van der Waals surface area contributed by atoms with Crippen LogP contribution in [0.1, 0.15) is 47.7 Å². The van der Waals surface area contributed by atoms with Gasteiger partial charge in [0, 0.05) is 26.1 Å². The van der Waals surface area contributed by atoms with Crippen LogP contribution in [0.15, 0.2) is 28.7 Å². The van der Waals surface area contributed by atoms with Gasteiger partial charge in [0.2, 0.25) is 12.7 Å². The lowest BCUT2D eigenvalue weighted by atomic mass is 10.1. The van der Waals surface area contributed by atoms with Crippen molar-refractivity contribution in [1.82, 2.24) is 10.2 Å². The summed E-state index contributed by atoms with van der Waals surface area (Å²) in [5.41, 5.74) is 1.49. The molecule has 1 aromatic carbocycles. The van der Waals surface area contributed by atoms with Crippen molar-refractivity contribution in [3.63, 3.8) is 0 Å². The van der Waals surface area contributed by atoms with Crippen LogP contribution in [0.4, 0.5) is 0 Å². The number of carbonyl (C=O) groups is 2. The number of hydrogen-bond acceptors (Lipinski definition) is 5. The quantitative estimate of drug-likeness (QED) is 0.734. The van der Waals surface area contributed by atoms with Gasteiger partial charge in [0.1, 0.15) is 11.5 Å². The van der Waals surface area contributed by atoms with Crippen LogP contribution in [0.3, 0.4) is 0 Å². The molecule has 0 saturated carbocycles. The Morgan fingerprint density at radius 3 is 2.59 bits per heavy atom. The summed E-state index contributed by atoms with van der Waals surface area (Å²) in [4.78, 5) is 27.0. The van der Waals surface area contributed by atoms with E-state index in [1.54, 1.807) is 17.9 Å². The van der Waals surface area contributed by atoms with Crippen molar-refractivity contribution in [2.75, 3.05) is 19.9 Å². The number of furan rings is 1. The van der Waals surface area contributed by atoms with Crippen molar-refractivity contribution in [3.8, 4) is 11.5 Å². The summed E-state index contributed by atoms with van der Waals surface area (Å²) in [6.07, 6.45) is 0.235. The molecule has 3 rings (SSSR count). The highest BCUT2D eigenvalue weighted by Crippen LogP contribution is 2.32. The third-order valence-electron chi connectivity index (χ3n) is 4.68. The molecule has 0 fully saturated rings. The highest BCUT2D eigenvalue weighted by Gasteiger charge is 2.22. The van der Waals surface area contributed by atoms with Gasteiger partial charge in [0.25, 0.3) is 5.91 Å². The number of rotatable bonds is 8. The normalized spacial score (nSPS) is 12.3. The number of nitrogens with zero attached hydrogens (tertiary/aromatic N) is 1. The van der Waals surface area contributed by atoms with Crippen LogP contribution in [0.2, 0.25) is 0 Å². The molecule has 0 spiro atoms. The van der Waals surface area contributed by atoms with E-state index < -0.39 is 0 Å².